The Morgan fingerprint density at radius 3 is 2.82 bits per heavy atom. The third-order valence-corrected chi connectivity index (χ3v) is 7.43. The van der Waals surface area contributed by atoms with Crippen LogP contribution in [-0.4, -0.2) is 55.2 Å². The third kappa shape index (κ3) is 5.59. The van der Waals surface area contributed by atoms with Crippen molar-refractivity contribution in [3.63, 3.8) is 0 Å². The Kier molecular flexibility index (Phi) is 7.52. The highest BCUT2D eigenvalue weighted by Gasteiger charge is 2.25. The Morgan fingerprint density at radius 1 is 1.21 bits per heavy atom. The van der Waals surface area contributed by atoms with E-state index in [1.165, 1.54) is 0 Å². The van der Waals surface area contributed by atoms with Gasteiger partial charge in [-0.05, 0) is 67.6 Å². The maximum Gasteiger partial charge on any atom is 0.306 e. The number of ether oxygens (including phenoxy) is 2. The molecule has 4 aromatic rings. The SMILES string of the molecule is CCOC(=O)CC(c1ccc(C)c(CN2Cc3nc(O)ccc3O[C@H](C)C2)c1)c1ccc2c(nnn2C)c1C. The lowest BCUT2D eigenvalue weighted by Gasteiger charge is -2.25. The number of hydrogen-bond donors (Lipinski definition) is 1. The summed E-state index contributed by atoms with van der Waals surface area (Å²) in [6.07, 6.45) is 0.202. The van der Waals surface area contributed by atoms with Crippen molar-refractivity contribution < 1.29 is 19.4 Å². The molecule has 0 aliphatic carbocycles. The van der Waals surface area contributed by atoms with Crippen molar-refractivity contribution in [1.29, 1.82) is 0 Å². The first kappa shape index (κ1) is 26.6. The first-order valence-electron chi connectivity index (χ1n) is 13.3. The van der Waals surface area contributed by atoms with E-state index in [9.17, 15) is 9.90 Å². The van der Waals surface area contributed by atoms with E-state index in [4.69, 9.17) is 9.47 Å². The van der Waals surface area contributed by atoms with Crippen LogP contribution in [0.25, 0.3) is 11.0 Å². The summed E-state index contributed by atoms with van der Waals surface area (Å²) in [6.45, 7) is 10.3. The van der Waals surface area contributed by atoms with Gasteiger partial charge in [0.1, 0.15) is 23.1 Å². The predicted octanol–water partition coefficient (Wildman–Crippen LogP) is 4.55. The highest BCUT2D eigenvalue weighted by molar-refractivity contribution is 5.80. The van der Waals surface area contributed by atoms with Gasteiger partial charge in [-0.3, -0.25) is 9.69 Å². The molecule has 1 N–H and O–H groups in total. The minimum absolute atomic E-state index is 0.0118. The van der Waals surface area contributed by atoms with E-state index in [2.05, 4.69) is 51.4 Å². The first-order valence-corrected chi connectivity index (χ1v) is 13.3. The van der Waals surface area contributed by atoms with Crippen LogP contribution in [0.1, 0.15) is 59.7 Å². The fourth-order valence-electron chi connectivity index (χ4n) is 5.45. The van der Waals surface area contributed by atoms with Crippen LogP contribution < -0.4 is 4.74 Å². The van der Waals surface area contributed by atoms with Gasteiger partial charge >= 0.3 is 5.97 Å². The van der Waals surface area contributed by atoms with Crippen LogP contribution in [0.5, 0.6) is 11.6 Å². The zero-order valence-electron chi connectivity index (χ0n) is 23.1. The van der Waals surface area contributed by atoms with Crippen LogP contribution in [0.4, 0.5) is 0 Å². The fraction of sp³-hybridized carbons (Fsp3) is 0.400. The Bertz CT molecular complexity index is 1520. The summed E-state index contributed by atoms with van der Waals surface area (Å²) in [6, 6.07) is 13.9. The lowest BCUT2D eigenvalue weighted by Crippen LogP contribution is -2.31. The molecular weight excluding hydrogens is 494 g/mol. The molecule has 2 aromatic carbocycles. The number of hydrogen-bond acceptors (Lipinski definition) is 8. The number of nitrogens with zero attached hydrogens (tertiary/aromatic N) is 5. The van der Waals surface area contributed by atoms with Gasteiger partial charge in [0, 0.05) is 38.7 Å². The van der Waals surface area contributed by atoms with Crippen molar-refractivity contribution in [2.75, 3.05) is 13.2 Å². The Morgan fingerprint density at radius 2 is 2.03 bits per heavy atom. The molecule has 2 aromatic heterocycles. The summed E-state index contributed by atoms with van der Waals surface area (Å²) >= 11 is 0. The van der Waals surface area contributed by atoms with Gasteiger partial charge in [-0.1, -0.05) is 29.5 Å². The number of carbonyl (C=O) groups excluding carboxylic acids is 1. The lowest BCUT2D eigenvalue weighted by molar-refractivity contribution is -0.143. The van der Waals surface area contributed by atoms with Gasteiger partial charge in [-0.15, -0.1) is 5.10 Å². The van der Waals surface area contributed by atoms with Crippen LogP contribution in [0.2, 0.25) is 0 Å². The average Bonchev–Trinajstić information content (AvgIpc) is 3.19. The van der Waals surface area contributed by atoms with Gasteiger partial charge in [0.05, 0.1) is 18.5 Å². The Hall–Kier alpha value is -3.98. The molecule has 5 rings (SSSR count). The minimum Gasteiger partial charge on any atom is -0.493 e. The van der Waals surface area contributed by atoms with E-state index in [1.54, 1.807) is 16.8 Å². The van der Waals surface area contributed by atoms with Crippen LogP contribution in [0.3, 0.4) is 0 Å². The quantitative estimate of drug-likeness (QED) is 0.348. The van der Waals surface area contributed by atoms with Gasteiger partial charge in [0.25, 0.3) is 0 Å². The van der Waals surface area contributed by atoms with Crippen LogP contribution in [0.15, 0.2) is 42.5 Å². The molecule has 39 heavy (non-hydrogen) atoms. The molecule has 3 heterocycles. The van der Waals surface area contributed by atoms with Crippen molar-refractivity contribution in [1.82, 2.24) is 24.9 Å². The normalized spacial score (nSPS) is 16.4. The fourth-order valence-corrected chi connectivity index (χ4v) is 5.45. The highest BCUT2D eigenvalue weighted by atomic mass is 16.5. The number of aryl methyl sites for hydroxylation is 3. The smallest absolute Gasteiger partial charge is 0.306 e. The van der Waals surface area contributed by atoms with Crippen LogP contribution >= 0.6 is 0 Å². The summed E-state index contributed by atoms with van der Waals surface area (Å²) in [5.74, 6) is 0.268. The number of aromatic hydroxyl groups is 1. The molecule has 0 saturated heterocycles. The zero-order chi connectivity index (χ0) is 27.7. The Labute approximate surface area is 228 Å². The van der Waals surface area contributed by atoms with Gasteiger partial charge in [-0.2, -0.15) is 0 Å². The molecule has 9 heteroatoms. The molecule has 0 fully saturated rings. The first-order chi connectivity index (χ1) is 18.7. The van der Waals surface area contributed by atoms with Crippen molar-refractivity contribution in [2.45, 2.75) is 59.2 Å². The van der Waals surface area contributed by atoms with E-state index in [0.29, 0.717) is 25.4 Å². The number of carbonyl (C=O) groups is 1. The second-order valence-electron chi connectivity index (χ2n) is 10.3. The van der Waals surface area contributed by atoms with Gasteiger partial charge in [-0.25, -0.2) is 9.67 Å². The number of aromatic nitrogens is 4. The predicted molar refractivity (Wildman–Crippen MR) is 148 cm³/mol. The molecule has 1 aliphatic heterocycles. The van der Waals surface area contributed by atoms with Crippen molar-refractivity contribution in [2.24, 2.45) is 7.05 Å². The highest BCUT2D eigenvalue weighted by Crippen LogP contribution is 2.35. The minimum atomic E-state index is -0.232. The standard InChI is InChI=1S/C30H35N5O4/c1-6-38-29(37)14-24(23-9-10-26-30(20(23)4)32-33-34(26)5)21-8-7-18(2)22(13-21)16-35-15-19(3)39-27-11-12-28(36)31-25(27)17-35/h7-13,19,24H,6,14-17H2,1-5H3,(H,31,36)/t19-,24?/m1/s1. The molecule has 9 nitrogen and oxygen atoms in total. The van der Waals surface area contributed by atoms with E-state index in [0.717, 1.165) is 51.1 Å². The summed E-state index contributed by atoms with van der Waals surface area (Å²) in [5, 5.41) is 18.5. The third-order valence-electron chi connectivity index (χ3n) is 7.43. The molecule has 0 bridgehead atoms. The second kappa shape index (κ2) is 11.0. The van der Waals surface area contributed by atoms with Gasteiger partial charge in [0.15, 0.2) is 0 Å². The summed E-state index contributed by atoms with van der Waals surface area (Å²) in [4.78, 5) is 19.4. The van der Waals surface area contributed by atoms with E-state index in [-0.39, 0.29) is 30.3 Å². The maximum absolute atomic E-state index is 12.8. The van der Waals surface area contributed by atoms with Crippen LogP contribution in [0, 0.1) is 13.8 Å². The molecule has 0 spiro atoms. The monoisotopic (exact) mass is 529 g/mol. The molecule has 204 valence electrons. The number of pyridine rings is 1. The number of benzene rings is 2. The molecule has 0 amide bonds. The zero-order valence-corrected chi connectivity index (χ0v) is 23.1. The lowest BCUT2D eigenvalue weighted by atomic mass is 9.84. The average molecular weight is 530 g/mol. The topological polar surface area (TPSA) is 103 Å². The van der Waals surface area contributed by atoms with Gasteiger partial charge < -0.3 is 14.6 Å². The number of fused-ring (bicyclic) bond motifs is 2. The number of rotatable bonds is 7. The summed E-state index contributed by atoms with van der Waals surface area (Å²) in [5.41, 5.74) is 7.94. The van der Waals surface area contributed by atoms with Crippen molar-refractivity contribution >= 4 is 17.0 Å². The summed E-state index contributed by atoms with van der Waals surface area (Å²) < 4.78 is 13.2. The van der Waals surface area contributed by atoms with Crippen LogP contribution in [-0.2, 0) is 29.7 Å². The maximum atomic E-state index is 12.8. The van der Waals surface area contributed by atoms with Crippen molar-refractivity contribution in [3.05, 3.63) is 76.0 Å². The molecular formula is C30H35N5O4. The molecule has 0 saturated carbocycles. The molecule has 2 atom stereocenters. The second-order valence-corrected chi connectivity index (χ2v) is 10.3. The Balaban J connectivity index is 1.50. The number of esters is 1. The largest absolute Gasteiger partial charge is 0.493 e. The molecule has 0 radical (unpaired) electrons. The van der Waals surface area contributed by atoms with Gasteiger partial charge in [0.2, 0.25) is 5.88 Å². The van der Waals surface area contributed by atoms with E-state index >= 15 is 0 Å². The molecule has 1 aliphatic rings. The molecule has 1 unspecified atom stereocenters. The van der Waals surface area contributed by atoms with E-state index < -0.39 is 0 Å². The summed E-state index contributed by atoms with van der Waals surface area (Å²) in [7, 11) is 1.88. The van der Waals surface area contributed by atoms with Crippen molar-refractivity contribution in [3.8, 4) is 11.6 Å². The van der Waals surface area contributed by atoms with E-state index in [1.807, 2.05) is 33.9 Å².